The van der Waals surface area contributed by atoms with Crippen LogP contribution in [-0.4, -0.2) is 50.9 Å². The van der Waals surface area contributed by atoms with E-state index in [1.807, 2.05) is 39.8 Å². The molecule has 1 N–H and O–H groups in total. The van der Waals surface area contributed by atoms with Crippen LogP contribution in [-0.2, 0) is 26.2 Å². The van der Waals surface area contributed by atoms with Crippen molar-refractivity contribution in [2.24, 2.45) is 0 Å². The van der Waals surface area contributed by atoms with Gasteiger partial charge in [-0.3, -0.25) is 13.9 Å². The van der Waals surface area contributed by atoms with E-state index in [-0.39, 0.29) is 29.1 Å². The number of sulfonamides is 1. The fourth-order valence-corrected chi connectivity index (χ4v) is 5.82. The van der Waals surface area contributed by atoms with Gasteiger partial charge in [0.2, 0.25) is 11.8 Å². The molecule has 0 unspecified atom stereocenters. The van der Waals surface area contributed by atoms with Crippen LogP contribution >= 0.6 is 11.6 Å². The number of anilines is 1. The van der Waals surface area contributed by atoms with E-state index in [1.165, 1.54) is 23.1 Å². The first kappa shape index (κ1) is 31.0. The van der Waals surface area contributed by atoms with Gasteiger partial charge < -0.3 is 15.0 Å². The summed E-state index contributed by atoms with van der Waals surface area (Å²) in [5, 5.41) is 3.21. The third-order valence-electron chi connectivity index (χ3n) is 6.31. The van der Waals surface area contributed by atoms with Crippen molar-refractivity contribution in [1.29, 1.82) is 0 Å². The molecular weight excluding hydrogens is 550 g/mol. The van der Waals surface area contributed by atoms with E-state index in [9.17, 15) is 18.0 Å². The van der Waals surface area contributed by atoms with Crippen LogP contribution < -0.4 is 14.4 Å². The number of methoxy groups -OCH3 is 1. The number of hydrogen-bond donors (Lipinski definition) is 1. The fourth-order valence-electron chi connectivity index (χ4n) is 4.23. The summed E-state index contributed by atoms with van der Waals surface area (Å²) in [4.78, 5) is 28.7. The largest absolute Gasteiger partial charge is 0.497 e. The van der Waals surface area contributed by atoms with Gasteiger partial charge in [0.05, 0.1) is 17.7 Å². The molecule has 10 heteroatoms. The normalized spacial score (nSPS) is 12.1. The number of carbonyl (C=O) groups is 2. The Kier molecular flexibility index (Phi) is 10.6. The second-order valence-electron chi connectivity index (χ2n) is 9.76. The number of benzene rings is 3. The Morgan fingerprint density at radius 1 is 1.00 bits per heavy atom. The molecule has 3 aromatic carbocycles. The summed E-state index contributed by atoms with van der Waals surface area (Å²) in [6.07, 6.45) is 0.336. The van der Waals surface area contributed by atoms with Gasteiger partial charge >= 0.3 is 0 Å². The van der Waals surface area contributed by atoms with Crippen LogP contribution in [0.4, 0.5) is 5.69 Å². The average molecular weight is 586 g/mol. The maximum Gasteiger partial charge on any atom is 0.264 e. The highest BCUT2D eigenvalue weighted by atomic mass is 35.5. The Labute approximate surface area is 241 Å². The van der Waals surface area contributed by atoms with Crippen molar-refractivity contribution in [2.45, 2.75) is 57.6 Å². The molecule has 214 valence electrons. The molecule has 3 rings (SSSR count). The summed E-state index contributed by atoms with van der Waals surface area (Å²) in [6, 6.07) is 19.0. The topological polar surface area (TPSA) is 96.0 Å². The molecule has 0 aliphatic rings. The fraction of sp³-hybridized carbons (Fsp3) is 0.333. The first-order valence-electron chi connectivity index (χ1n) is 13.0. The van der Waals surface area contributed by atoms with Gasteiger partial charge in [0.1, 0.15) is 18.3 Å². The minimum Gasteiger partial charge on any atom is -0.497 e. The number of nitrogens with zero attached hydrogens (tertiary/aromatic N) is 2. The van der Waals surface area contributed by atoms with Crippen LogP contribution in [0.1, 0.15) is 38.3 Å². The third kappa shape index (κ3) is 7.76. The standard InChI is InChI=1S/C30H36ClN3O5S/c1-6-28(30(36)32-21(2)3)33(19-23-12-14-26(39-5)15-13-23)29(35)20-34(25-9-7-8-24(31)18-25)40(37,38)27-16-10-22(4)11-17-27/h7-18,21,28H,6,19-20H2,1-5H3,(H,32,36)/t28-/m1/s1. The Bertz CT molecular complexity index is 1410. The van der Waals surface area contributed by atoms with Gasteiger partial charge in [0.15, 0.2) is 0 Å². The molecule has 0 fully saturated rings. The van der Waals surface area contributed by atoms with Gasteiger partial charge in [-0.05, 0) is 75.2 Å². The lowest BCUT2D eigenvalue weighted by Crippen LogP contribution is -2.53. The third-order valence-corrected chi connectivity index (χ3v) is 8.34. The molecule has 8 nitrogen and oxygen atoms in total. The van der Waals surface area contributed by atoms with E-state index in [0.717, 1.165) is 15.4 Å². The van der Waals surface area contributed by atoms with Crippen LogP contribution in [0, 0.1) is 6.92 Å². The minimum absolute atomic E-state index is 0.0390. The second kappa shape index (κ2) is 13.7. The number of hydrogen-bond acceptors (Lipinski definition) is 5. The van der Waals surface area contributed by atoms with E-state index in [4.69, 9.17) is 16.3 Å². The zero-order valence-corrected chi connectivity index (χ0v) is 25.0. The maximum atomic E-state index is 14.0. The van der Waals surface area contributed by atoms with Crippen LogP contribution in [0.2, 0.25) is 5.02 Å². The molecule has 0 bridgehead atoms. The van der Waals surface area contributed by atoms with Crippen molar-refractivity contribution in [1.82, 2.24) is 10.2 Å². The SMILES string of the molecule is CC[C@H](C(=O)NC(C)C)N(Cc1ccc(OC)cc1)C(=O)CN(c1cccc(Cl)c1)S(=O)(=O)c1ccc(C)cc1. The molecule has 0 saturated carbocycles. The predicted octanol–water partition coefficient (Wildman–Crippen LogP) is 5.18. The van der Waals surface area contributed by atoms with E-state index in [0.29, 0.717) is 17.2 Å². The van der Waals surface area contributed by atoms with Crippen LogP contribution in [0.15, 0.2) is 77.7 Å². The predicted molar refractivity (Wildman–Crippen MR) is 158 cm³/mol. The van der Waals surface area contributed by atoms with Crippen molar-refractivity contribution in [2.75, 3.05) is 18.0 Å². The zero-order chi connectivity index (χ0) is 29.4. The smallest absolute Gasteiger partial charge is 0.264 e. The number of halogens is 1. The molecule has 2 amide bonds. The van der Waals surface area contributed by atoms with Crippen LogP contribution in [0.3, 0.4) is 0 Å². The molecule has 0 aliphatic heterocycles. The number of ether oxygens (including phenoxy) is 1. The molecule has 0 aromatic heterocycles. The minimum atomic E-state index is -4.16. The molecule has 3 aromatic rings. The maximum absolute atomic E-state index is 14.0. The van der Waals surface area contributed by atoms with Gasteiger partial charge in [-0.1, -0.05) is 54.4 Å². The van der Waals surface area contributed by atoms with Crippen molar-refractivity contribution in [3.8, 4) is 5.75 Å². The van der Waals surface area contributed by atoms with Crippen molar-refractivity contribution in [3.05, 3.63) is 88.9 Å². The number of rotatable bonds is 12. The number of carbonyl (C=O) groups excluding carboxylic acids is 2. The highest BCUT2D eigenvalue weighted by Gasteiger charge is 2.34. The van der Waals surface area contributed by atoms with E-state index in [2.05, 4.69) is 5.32 Å². The lowest BCUT2D eigenvalue weighted by atomic mass is 10.1. The van der Waals surface area contributed by atoms with Crippen LogP contribution in [0.5, 0.6) is 5.75 Å². The molecule has 1 atom stereocenters. The van der Waals surface area contributed by atoms with Gasteiger partial charge in [0, 0.05) is 17.6 Å². The van der Waals surface area contributed by atoms with Gasteiger partial charge in [-0.15, -0.1) is 0 Å². The summed E-state index contributed by atoms with van der Waals surface area (Å²) in [5.74, 6) is -0.185. The molecule has 0 heterocycles. The quantitative estimate of drug-likeness (QED) is 0.316. The molecule has 0 saturated heterocycles. The zero-order valence-electron chi connectivity index (χ0n) is 23.4. The molecular formula is C30H36ClN3O5S. The van der Waals surface area contributed by atoms with Gasteiger partial charge in [-0.2, -0.15) is 0 Å². The summed E-state index contributed by atoms with van der Waals surface area (Å²) in [7, 11) is -2.60. The molecule has 40 heavy (non-hydrogen) atoms. The Morgan fingerprint density at radius 2 is 1.65 bits per heavy atom. The average Bonchev–Trinajstić information content (AvgIpc) is 2.91. The number of amides is 2. The highest BCUT2D eigenvalue weighted by molar-refractivity contribution is 7.92. The van der Waals surface area contributed by atoms with Crippen LogP contribution in [0.25, 0.3) is 0 Å². The van der Waals surface area contributed by atoms with Crippen molar-refractivity contribution in [3.63, 3.8) is 0 Å². The first-order valence-corrected chi connectivity index (χ1v) is 14.9. The summed E-state index contributed by atoms with van der Waals surface area (Å²) in [6.45, 7) is 6.93. The van der Waals surface area contributed by atoms with E-state index >= 15 is 0 Å². The molecule has 0 aliphatic carbocycles. The van der Waals surface area contributed by atoms with Crippen molar-refractivity contribution >= 4 is 39.1 Å². The van der Waals surface area contributed by atoms with Crippen molar-refractivity contribution < 1.29 is 22.7 Å². The number of nitrogens with one attached hydrogen (secondary N) is 1. The monoisotopic (exact) mass is 585 g/mol. The Hall–Kier alpha value is -3.56. The summed E-state index contributed by atoms with van der Waals surface area (Å²) < 4.78 is 34.0. The van der Waals surface area contributed by atoms with E-state index < -0.39 is 28.5 Å². The van der Waals surface area contributed by atoms with Gasteiger partial charge in [0.25, 0.3) is 10.0 Å². The Balaban J connectivity index is 2.06. The van der Waals surface area contributed by atoms with Gasteiger partial charge in [-0.25, -0.2) is 8.42 Å². The highest BCUT2D eigenvalue weighted by Crippen LogP contribution is 2.27. The lowest BCUT2D eigenvalue weighted by Gasteiger charge is -2.33. The summed E-state index contributed by atoms with van der Waals surface area (Å²) in [5.41, 5.74) is 1.91. The second-order valence-corrected chi connectivity index (χ2v) is 12.1. The number of aryl methyl sites for hydroxylation is 1. The van der Waals surface area contributed by atoms with E-state index in [1.54, 1.807) is 49.6 Å². The lowest BCUT2D eigenvalue weighted by molar-refractivity contribution is -0.140. The first-order chi connectivity index (χ1) is 19.0. The summed E-state index contributed by atoms with van der Waals surface area (Å²) >= 11 is 6.22. The molecule has 0 spiro atoms. The Morgan fingerprint density at radius 3 is 2.20 bits per heavy atom. The molecule has 0 radical (unpaired) electrons.